The maximum atomic E-state index is 13.5. The van der Waals surface area contributed by atoms with E-state index in [4.69, 9.17) is 0 Å². The van der Waals surface area contributed by atoms with Crippen LogP contribution in [0.4, 0.5) is 0 Å². The van der Waals surface area contributed by atoms with E-state index < -0.39 is 10.8 Å². The summed E-state index contributed by atoms with van der Waals surface area (Å²) in [6.07, 6.45) is 0. The Labute approximate surface area is 243 Å². The molecule has 2 aliphatic rings. The van der Waals surface area contributed by atoms with Gasteiger partial charge in [-0.15, -0.1) is 0 Å². The summed E-state index contributed by atoms with van der Waals surface area (Å²) in [5, 5.41) is 0. The quantitative estimate of drug-likeness (QED) is 0.216. The highest BCUT2D eigenvalue weighted by Gasteiger charge is 2.35. The predicted molar refractivity (Wildman–Crippen MR) is 170 cm³/mol. The van der Waals surface area contributed by atoms with Crippen LogP contribution >= 0.6 is 0 Å². The lowest BCUT2D eigenvalue weighted by Gasteiger charge is -2.21. The third-order valence-corrected chi connectivity index (χ3v) is 10.4. The topological polar surface area (TPSA) is 17.1 Å². The van der Waals surface area contributed by atoms with E-state index in [1.54, 1.807) is 0 Å². The summed E-state index contributed by atoms with van der Waals surface area (Å²) in [5.41, 5.74) is 14.5. The molecule has 8 rings (SSSR count). The van der Waals surface area contributed by atoms with Crippen LogP contribution in [0.2, 0.25) is 0 Å². The minimum atomic E-state index is -1.19. The van der Waals surface area contributed by atoms with Crippen LogP contribution in [-0.4, -0.2) is 4.21 Å². The summed E-state index contributed by atoms with van der Waals surface area (Å²) in [4.78, 5) is 1.82. The molecule has 0 fully saturated rings. The lowest BCUT2D eigenvalue weighted by Crippen LogP contribution is -2.14. The standard InChI is InChI=1S/C39H28OS/c1-39(2)35-18-5-3-14-31(35)34-24-28(20-21-36(34)39)26-11-7-10-25(22-26)27-12-8-13-29(23-27)30-16-9-17-33-32-15-4-6-19-37(32)41(40)38(30)33/h3-24H,1-2H3. The van der Waals surface area contributed by atoms with Crippen molar-refractivity contribution in [2.45, 2.75) is 29.1 Å². The number of rotatable bonds is 3. The fraction of sp³-hybridized carbons (Fsp3) is 0.0769. The van der Waals surface area contributed by atoms with Crippen molar-refractivity contribution in [3.05, 3.63) is 145 Å². The second kappa shape index (κ2) is 8.99. The first-order valence-electron chi connectivity index (χ1n) is 14.1. The molecule has 0 N–H and O–H groups in total. The number of fused-ring (bicyclic) bond motifs is 6. The minimum absolute atomic E-state index is 0.00932. The van der Waals surface area contributed by atoms with Crippen LogP contribution in [0, 0.1) is 0 Å². The van der Waals surface area contributed by atoms with E-state index in [9.17, 15) is 4.21 Å². The van der Waals surface area contributed by atoms with Crippen molar-refractivity contribution >= 4 is 10.8 Å². The third-order valence-electron chi connectivity index (χ3n) is 8.86. The summed E-state index contributed by atoms with van der Waals surface area (Å²) in [6.45, 7) is 4.64. The molecule has 0 saturated carbocycles. The number of benzene rings is 6. The maximum absolute atomic E-state index is 13.5. The van der Waals surface area contributed by atoms with Gasteiger partial charge >= 0.3 is 0 Å². The summed E-state index contributed by atoms with van der Waals surface area (Å²) in [7, 11) is -1.19. The fourth-order valence-electron chi connectivity index (χ4n) is 6.78. The van der Waals surface area contributed by atoms with Gasteiger partial charge in [-0.25, -0.2) is 4.21 Å². The van der Waals surface area contributed by atoms with E-state index in [2.05, 4.69) is 129 Å². The van der Waals surface area contributed by atoms with Gasteiger partial charge in [0.2, 0.25) is 0 Å². The molecule has 6 aromatic rings. The van der Waals surface area contributed by atoms with Gasteiger partial charge in [-0.3, -0.25) is 0 Å². The van der Waals surface area contributed by atoms with E-state index in [-0.39, 0.29) is 5.41 Å². The van der Waals surface area contributed by atoms with E-state index in [1.807, 2.05) is 18.2 Å². The molecule has 0 spiro atoms. The highest BCUT2D eigenvalue weighted by molar-refractivity contribution is 7.86. The van der Waals surface area contributed by atoms with E-state index in [0.29, 0.717) is 0 Å². The first kappa shape index (κ1) is 24.3. The van der Waals surface area contributed by atoms with Gasteiger partial charge in [0, 0.05) is 11.0 Å². The molecule has 196 valence electrons. The zero-order valence-electron chi connectivity index (χ0n) is 23.0. The van der Waals surface area contributed by atoms with Crippen LogP contribution in [0.25, 0.3) is 55.6 Å². The third kappa shape index (κ3) is 3.64. The van der Waals surface area contributed by atoms with Crippen LogP contribution in [0.3, 0.4) is 0 Å². The first-order valence-corrected chi connectivity index (χ1v) is 15.3. The molecule has 6 aromatic carbocycles. The van der Waals surface area contributed by atoms with Crippen molar-refractivity contribution < 1.29 is 4.21 Å². The summed E-state index contributed by atoms with van der Waals surface area (Å²) >= 11 is 0. The van der Waals surface area contributed by atoms with Crippen molar-refractivity contribution in [2.24, 2.45) is 0 Å². The van der Waals surface area contributed by atoms with Gasteiger partial charge in [0.25, 0.3) is 0 Å². The van der Waals surface area contributed by atoms with Crippen LogP contribution in [-0.2, 0) is 16.2 Å². The molecule has 0 aromatic heterocycles. The first-order chi connectivity index (χ1) is 20.0. The predicted octanol–water partition coefficient (Wildman–Crippen LogP) is 10.1. The molecule has 41 heavy (non-hydrogen) atoms. The molecule has 1 aliphatic carbocycles. The van der Waals surface area contributed by atoms with Gasteiger partial charge in [-0.05, 0) is 85.5 Å². The summed E-state index contributed by atoms with van der Waals surface area (Å²) < 4.78 is 13.5. The lowest BCUT2D eigenvalue weighted by atomic mass is 9.82. The molecule has 0 radical (unpaired) electrons. The van der Waals surface area contributed by atoms with Crippen molar-refractivity contribution in [1.29, 1.82) is 0 Å². The maximum Gasteiger partial charge on any atom is 0.0868 e. The smallest absolute Gasteiger partial charge is 0.0868 e. The van der Waals surface area contributed by atoms with E-state index >= 15 is 0 Å². The van der Waals surface area contributed by atoms with Crippen molar-refractivity contribution in [3.63, 3.8) is 0 Å². The van der Waals surface area contributed by atoms with Gasteiger partial charge in [-0.2, -0.15) is 0 Å². The highest BCUT2D eigenvalue weighted by Crippen LogP contribution is 2.50. The van der Waals surface area contributed by atoms with Crippen molar-refractivity contribution in [3.8, 4) is 55.6 Å². The second-order valence-electron chi connectivity index (χ2n) is 11.5. The summed E-state index contributed by atoms with van der Waals surface area (Å²) in [6, 6.07) is 47.5. The Bertz CT molecular complexity index is 2050. The van der Waals surface area contributed by atoms with Crippen LogP contribution < -0.4 is 0 Å². The van der Waals surface area contributed by atoms with E-state index in [1.165, 1.54) is 38.9 Å². The van der Waals surface area contributed by atoms with Crippen LogP contribution in [0.1, 0.15) is 25.0 Å². The second-order valence-corrected chi connectivity index (χ2v) is 12.9. The summed E-state index contributed by atoms with van der Waals surface area (Å²) in [5.74, 6) is 0. The average molecular weight is 545 g/mol. The zero-order valence-corrected chi connectivity index (χ0v) is 23.8. The Morgan fingerprint density at radius 2 is 0.976 bits per heavy atom. The molecular weight excluding hydrogens is 516 g/mol. The van der Waals surface area contributed by atoms with Crippen molar-refractivity contribution in [2.75, 3.05) is 0 Å². The molecule has 2 heteroatoms. The Morgan fingerprint density at radius 3 is 1.76 bits per heavy atom. The SMILES string of the molecule is CC1(C)c2ccccc2-c2cc(-c3cccc(-c4cccc(-c5cccc6c5S(=O)c5ccccc5-6)c4)c3)ccc21. The van der Waals surface area contributed by atoms with Gasteiger partial charge in [0.15, 0.2) is 0 Å². The van der Waals surface area contributed by atoms with Gasteiger partial charge in [0.1, 0.15) is 0 Å². The van der Waals surface area contributed by atoms with Gasteiger partial charge < -0.3 is 0 Å². The van der Waals surface area contributed by atoms with Crippen LogP contribution in [0.15, 0.2) is 143 Å². The molecule has 1 atom stereocenters. The number of hydrogen-bond acceptors (Lipinski definition) is 1. The Kier molecular flexibility index (Phi) is 5.32. The highest BCUT2D eigenvalue weighted by atomic mass is 32.2. The van der Waals surface area contributed by atoms with E-state index in [0.717, 1.165) is 37.6 Å². The molecule has 0 amide bonds. The fourth-order valence-corrected chi connectivity index (χ4v) is 8.34. The minimum Gasteiger partial charge on any atom is -0.249 e. The zero-order chi connectivity index (χ0) is 27.7. The Morgan fingerprint density at radius 1 is 0.439 bits per heavy atom. The average Bonchev–Trinajstić information content (AvgIpc) is 3.45. The normalized spacial score (nSPS) is 15.6. The monoisotopic (exact) mass is 544 g/mol. The Balaban J connectivity index is 1.19. The molecule has 1 nitrogen and oxygen atoms in total. The number of hydrogen-bond donors (Lipinski definition) is 0. The largest absolute Gasteiger partial charge is 0.249 e. The molecule has 1 unspecified atom stereocenters. The Hall–Kier alpha value is -4.53. The molecule has 1 aliphatic heterocycles. The lowest BCUT2D eigenvalue weighted by molar-refractivity contribution is 0.660. The van der Waals surface area contributed by atoms with Crippen LogP contribution in [0.5, 0.6) is 0 Å². The molecule has 0 saturated heterocycles. The van der Waals surface area contributed by atoms with Gasteiger partial charge in [0.05, 0.1) is 20.6 Å². The van der Waals surface area contributed by atoms with Crippen molar-refractivity contribution in [1.82, 2.24) is 0 Å². The van der Waals surface area contributed by atoms with Gasteiger partial charge in [-0.1, -0.05) is 123 Å². The molecule has 1 heterocycles. The molecular formula is C39H28OS. The molecule has 0 bridgehead atoms.